The van der Waals surface area contributed by atoms with Crippen LogP contribution < -0.4 is 24.4 Å². The van der Waals surface area contributed by atoms with E-state index in [1.165, 1.54) is 15.9 Å². The van der Waals surface area contributed by atoms with Gasteiger partial charge in [0, 0.05) is 20.1 Å². The largest absolute Gasteiger partial charge is 0.496 e. The molecule has 2 aromatic carbocycles. The number of carbonyl (C=O) groups is 1. The zero-order chi connectivity index (χ0) is 27.6. The van der Waals surface area contributed by atoms with Crippen LogP contribution in [0.15, 0.2) is 79.1 Å². The normalized spacial score (nSPS) is 15.2. The third-order valence-electron chi connectivity index (χ3n) is 5.69. The Morgan fingerprint density at radius 1 is 1.18 bits per heavy atom. The molecule has 198 valence electrons. The molecule has 0 unspecified atom stereocenters. The second kappa shape index (κ2) is 11.8. The summed E-state index contributed by atoms with van der Waals surface area (Å²) in [6.07, 6.45) is 3.09. The number of hydrogen-bond donors (Lipinski definition) is 0. The molecule has 10 heteroatoms. The van der Waals surface area contributed by atoms with Crippen LogP contribution in [-0.4, -0.2) is 30.4 Å². The SMILES string of the molecule is C=CCOc1ccc(Br)cc1/C=c1\sc2n(c1=O)[C@@H](c1cc(Br)ccc1OC)C(C(=O)OC(C)C)=C(C)N=2. The summed E-state index contributed by atoms with van der Waals surface area (Å²) in [7, 11) is 1.55. The van der Waals surface area contributed by atoms with Gasteiger partial charge in [0.1, 0.15) is 24.1 Å². The van der Waals surface area contributed by atoms with Crippen LogP contribution >= 0.6 is 43.2 Å². The number of esters is 1. The molecule has 3 aromatic rings. The molecule has 1 aliphatic heterocycles. The van der Waals surface area contributed by atoms with Crippen molar-refractivity contribution in [3.63, 3.8) is 0 Å². The van der Waals surface area contributed by atoms with Gasteiger partial charge in [-0.1, -0.05) is 55.9 Å². The molecular weight excluding hydrogens is 636 g/mol. The molecule has 1 aliphatic rings. The second-order valence-corrected chi connectivity index (χ2v) is 11.5. The molecule has 0 radical (unpaired) electrons. The fourth-order valence-corrected chi connectivity index (χ4v) is 5.92. The summed E-state index contributed by atoms with van der Waals surface area (Å²) in [5.41, 5.74) is 1.83. The number of aromatic nitrogens is 1. The van der Waals surface area contributed by atoms with Crippen LogP contribution in [0.25, 0.3) is 6.08 Å². The zero-order valence-corrected chi connectivity index (χ0v) is 25.3. The number of benzene rings is 2. The van der Waals surface area contributed by atoms with Crippen molar-refractivity contribution in [2.24, 2.45) is 4.99 Å². The average molecular weight is 662 g/mol. The van der Waals surface area contributed by atoms with Crippen molar-refractivity contribution < 1.29 is 19.0 Å². The number of fused-ring (bicyclic) bond motifs is 1. The number of carbonyl (C=O) groups excluding carboxylic acids is 1. The predicted octanol–water partition coefficient (Wildman–Crippen LogP) is 5.29. The Kier molecular flexibility index (Phi) is 8.74. The maximum atomic E-state index is 14.0. The number of allylic oxidation sites excluding steroid dienone is 1. The molecule has 0 saturated carbocycles. The topological polar surface area (TPSA) is 79.1 Å². The molecule has 1 atom stereocenters. The molecule has 0 saturated heterocycles. The van der Waals surface area contributed by atoms with Gasteiger partial charge in [0.2, 0.25) is 0 Å². The molecule has 4 rings (SSSR count). The highest BCUT2D eigenvalue weighted by Gasteiger charge is 2.35. The van der Waals surface area contributed by atoms with Gasteiger partial charge in [-0.2, -0.15) is 0 Å². The fraction of sp³-hybridized carbons (Fsp3) is 0.250. The van der Waals surface area contributed by atoms with Crippen molar-refractivity contribution in [2.45, 2.75) is 32.9 Å². The minimum atomic E-state index is -0.800. The summed E-state index contributed by atoms with van der Waals surface area (Å²) in [6.45, 7) is 9.34. The first-order chi connectivity index (χ1) is 18.1. The molecule has 0 N–H and O–H groups in total. The van der Waals surface area contributed by atoms with Crippen LogP contribution in [0.4, 0.5) is 0 Å². The number of hydrogen-bond acceptors (Lipinski definition) is 7. The first-order valence-electron chi connectivity index (χ1n) is 11.7. The van der Waals surface area contributed by atoms with E-state index in [1.807, 2.05) is 30.3 Å². The summed E-state index contributed by atoms with van der Waals surface area (Å²) in [5, 5.41) is 0. The van der Waals surface area contributed by atoms with Gasteiger partial charge in [-0.15, -0.1) is 0 Å². The predicted molar refractivity (Wildman–Crippen MR) is 156 cm³/mol. The van der Waals surface area contributed by atoms with Crippen molar-refractivity contribution in [1.29, 1.82) is 0 Å². The maximum absolute atomic E-state index is 14.0. The molecule has 0 amide bonds. The van der Waals surface area contributed by atoms with E-state index in [9.17, 15) is 9.59 Å². The van der Waals surface area contributed by atoms with Crippen LogP contribution in [0.3, 0.4) is 0 Å². The zero-order valence-electron chi connectivity index (χ0n) is 21.3. The standard InChI is InChI=1S/C28H26Br2N2O5S/c1-6-11-36-21-9-7-18(29)12-17(21)13-23-26(33)32-25(20-14-19(30)8-10-22(20)35-5)24(27(34)37-15(2)3)16(4)31-28(32)38-23/h6-10,12-15,25H,1,11H2,2-5H3/b23-13-/t25-/m0/s1. The van der Waals surface area contributed by atoms with Gasteiger partial charge < -0.3 is 14.2 Å². The van der Waals surface area contributed by atoms with Crippen molar-refractivity contribution in [3.8, 4) is 11.5 Å². The lowest BCUT2D eigenvalue weighted by Gasteiger charge is -2.26. The molecule has 2 heterocycles. The van der Waals surface area contributed by atoms with Crippen molar-refractivity contribution in [3.05, 3.63) is 100 Å². The third-order valence-corrected chi connectivity index (χ3v) is 7.66. The summed E-state index contributed by atoms with van der Waals surface area (Å²) in [4.78, 5) is 32.5. The summed E-state index contributed by atoms with van der Waals surface area (Å²) >= 11 is 8.26. The first-order valence-corrected chi connectivity index (χ1v) is 14.1. The lowest BCUT2D eigenvalue weighted by atomic mass is 9.95. The Bertz CT molecular complexity index is 1620. The van der Waals surface area contributed by atoms with Gasteiger partial charge in [-0.3, -0.25) is 9.36 Å². The Morgan fingerprint density at radius 2 is 1.87 bits per heavy atom. The number of ether oxygens (including phenoxy) is 3. The lowest BCUT2D eigenvalue weighted by Crippen LogP contribution is -2.40. The fourth-order valence-electron chi connectivity index (χ4n) is 4.13. The van der Waals surface area contributed by atoms with Crippen LogP contribution in [0.1, 0.15) is 37.9 Å². The van der Waals surface area contributed by atoms with Crippen molar-refractivity contribution >= 4 is 55.2 Å². The molecule has 7 nitrogen and oxygen atoms in total. The lowest BCUT2D eigenvalue weighted by molar-refractivity contribution is -0.143. The Morgan fingerprint density at radius 3 is 2.53 bits per heavy atom. The average Bonchev–Trinajstić information content (AvgIpc) is 3.16. The van der Waals surface area contributed by atoms with Crippen LogP contribution in [0, 0.1) is 0 Å². The monoisotopic (exact) mass is 660 g/mol. The van der Waals surface area contributed by atoms with E-state index >= 15 is 0 Å². The van der Waals surface area contributed by atoms with Gasteiger partial charge in [0.25, 0.3) is 5.56 Å². The van der Waals surface area contributed by atoms with E-state index in [0.29, 0.717) is 38.7 Å². The van der Waals surface area contributed by atoms with Crippen LogP contribution in [0.5, 0.6) is 11.5 Å². The Hall–Kier alpha value is -2.95. The molecule has 0 aliphatic carbocycles. The third kappa shape index (κ3) is 5.72. The van der Waals surface area contributed by atoms with Gasteiger partial charge in [-0.05, 0) is 63.2 Å². The molecular formula is C28H26Br2N2O5S. The second-order valence-electron chi connectivity index (χ2n) is 8.70. The summed E-state index contributed by atoms with van der Waals surface area (Å²) in [5.74, 6) is 0.612. The Balaban J connectivity index is 1.99. The van der Waals surface area contributed by atoms with E-state index < -0.39 is 12.0 Å². The molecule has 1 aromatic heterocycles. The van der Waals surface area contributed by atoms with E-state index in [1.54, 1.807) is 46.1 Å². The molecule has 0 bridgehead atoms. The van der Waals surface area contributed by atoms with E-state index in [-0.39, 0.29) is 17.2 Å². The number of rotatable bonds is 8. The minimum absolute atomic E-state index is 0.284. The van der Waals surface area contributed by atoms with Crippen LogP contribution in [-0.2, 0) is 9.53 Å². The van der Waals surface area contributed by atoms with Crippen LogP contribution in [0.2, 0.25) is 0 Å². The highest BCUT2D eigenvalue weighted by atomic mass is 79.9. The summed E-state index contributed by atoms with van der Waals surface area (Å²) < 4.78 is 20.6. The number of nitrogens with zero attached hydrogens (tertiary/aromatic N) is 2. The number of methoxy groups -OCH3 is 1. The quantitative estimate of drug-likeness (QED) is 0.242. The van der Waals surface area contributed by atoms with Gasteiger partial charge in [0.05, 0.1) is 29.0 Å². The maximum Gasteiger partial charge on any atom is 0.338 e. The highest BCUT2D eigenvalue weighted by Crippen LogP contribution is 2.37. The van der Waals surface area contributed by atoms with Crippen molar-refractivity contribution in [2.75, 3.05) is 13.7 Å². The Labute approximate surface area is 241 Å². The van der Waals surface area contributed by atoms with Gasteiger partial charge >= 0.3 is 5.97 Å². The van der Waals surface area contributed by atoms with E-state index in [4.69, 9.17) is 14.2 Å². The summed E-state index contributed by atoms with van der Waals surface area (Å²) in [6, 6.07) is 10.3. The van der Waals surface area contributed by atoms with E-state index in [0.717, 1.165) is 14.5 Å². The van der Waals surface area contributed by atoms with Gasteiger partial charge in [-0.25, -0.2) is 9.79 Å². The number of halogens is 2. The molecule has 0 spiro atoms. The minimum Gasteiger partial charge on any atom is -0.496 e. The number of thiazole rings is 1. The first kappa shape index (κ1) is 28.1. The smallest absolute Gasteiger partial charge is 0.338 e. The molecule has 38 heavy (non-hydrogen) atoms. The molecule has 0 fully saturated rings. The highest BCUT2D eigenvalue weighted by molar-refractivity contribution is 9.10. The van der Waals surface area contributed by atoms with Gasteiger partial charge in [0.15, 0.2) is 4.80 Å². The van der Waals surface area contributed by atoms with E-state index in [2.05, 4.69) is 43.4 Å². The van der Waals surface area contributed by atoms with Crippen molar-refractivity contribution in [1.82, 2.24) is 4.57 Å².